The van der Waals surface area contributed by atoms with E-state index in [1.807, 2.05) is 24.3 Å². The summed E-state index contributed by atoms with van der Waals surface area (Å²) in [6, 6.07) is 9.03. The number of methoxy groups -OCH3 is 1. The minimum atomic E-state index is -0.156. The third-order valence-corrected chi connectivity index (χ3v) is 3.34. The molecule has 0 aliphatic rings. The van der Waals surface area contributed by atoms with Gasteiger partial charge in [-0.15, -0.1) is 0 Å². The van der Waals surface area contributed by atoms with E-state index in [4.69, 9.17) is 16.3 Å². The molecule has 6 heteroatoms. The molecule has 20 heavy (non-hydrogen) atoms. The first-order valence-electron chi connectivity index (χ1n) is 5.82. The summed E-state index contributed by atoms with van der Waals surface area (Å²) in [5.41, 5.74) is 1.38. The van der Waals surface area contributed by atoms with Crippen LogP contribution in [0.1, 0.15) is 5.56 Å². The van der Waals surface area contributed by atoms with Gasteiger partial charge in [0.25, 0.3) is 0 Å². The smallest absolute Gasteiger partial charge is 0.228 e. The number of carbonyl (C=O) groups is 1. The van der Waals surface area contributed by atoms with Gasteiger partial charge in [0, 0.05) is 10.7 Å². The van der Waals surface area contributed by atoms with E-state index in [-0.39, 0.29) is 17.5 Å². The number of ether oxygens (including phenoxy) is 1. The molecule has 0 saturated carbocycles. The van der Waals surface area contributed by atoms with E-state index in [9.17, 15) is 4.79 Å². The molecule has 0 fully saturated rings. The van der Waals surface area contributed by atoms with Gasteiger partial charge in [-0.05, 0) is 39.7 Å². The molecule has 4 nitrogen and oxygen atoms in total. The van der Waals surface area contributed by atoms with Gasteiger partial charge in [0.2, 0.25) is 5.91 Å². The molecule has 0 bridgehead atoms. The van der Waals surface area contributed by atoms with Crippen molar-refractivity contribution in [3.63, 3.8) is 0 Å². The van der Waals surface area contributed by atoms with Gasteiger partial charge in [0.15, 0.2) is 5.15 Å². The highest BCUT2D eigenvalue weighted by molar-refractivity contribution is 9.10. The Morgan fingerprint density at radius 2 is 2.10 bits per heavy atom. The van der Waals surface area contributed by atoms with Gasteiger partial charge in [0.05, 0.1) is 19.2 Å². The lowest BCUT2D eigenvalue weighted by atomic mass is 10.1. The van der Waals surface area contributed by atoms with Crippen LogP contribution in [0.2, 0.25) is 5.15 Å². The zero-order valence-corrected chi connectivity index (χ0v) is 13.0. The van der Waals surface area contributed by atoms with Crippen LogP contribution in [0, 0.1) is 0 Å². The quantitative estimate of drug-likeness (QED) is 0.851. The Kier molecular flexibility index (Phi) is 4.98. The monoisotopic (exact) mass is 354 g/mol. The van der Waals surface area contributed by atoms with Crippen LogP contribution in [-0.2, 0) is 11.2 Å². The van der Waals surface area contributed by atoms with Crippen molar-refractivity contribution in [3.8, 4) is 5.75 Å². The number of aromatic nitrogens is 1. The number of carbonyl (C=O) groups excluding carboxylic acids is 1. The topological polar surface area (TPSA) is 51.2 Å². The molecular formula is C14H12BrClN2O2. The van der Waals surface area contributed by atoms with E-state index in [2.05, 4.69) is 26.2 Å². The van der Waals surface area contributed by atoms with Gasteiger partial charge in [-0.3, -0.25) is 4.79 Å². The molecule has 0 spiro atoms. The summed E-state index contributed by atoms with van der Waals surface area (Å²) in [5, 5.41) is 2.99. The second-order valence-electron chi connectivity index (χ2n) is 4.06. The van der Waals surface area contributed by atoms with E-state index < -0.39 is 0 Å². The summed E-state index contributed by atoms with van der Waals surface area (Å²) < 4.78 is 5.82. The van der Waals surface area contributed by atoms with Gasteiger partial charge < -0.3 is 10.1 Å². The van der Waals surface area contributed by atoms with Crippen LogP contribution in [-0.4, -0.2) is 18.0 Å². The number of anilines is 1. The molecule has 0 saturated heterocycles. The van der Waals surface area contributed by atoms with E-state index in [0.29, 0.717) is 5.69 Å². The number of hydrogen-bond donors (Lipinski definition) is 1. The Morgan fingerprint density at radius 3 is 2.75 bits per heavy atom. The number of benzene rings is 1. The number of nitrogens with one attached hydrogen (secondary N) is 1. The summed E-state index contributed by atoms with van der Waals surface area (Å²) in [6.07, 6.45) is 1.83. The molecule has 1 amide bonds. The van der Waals surface area contributed by atoms with Crippen molar-refractivity contribution in [2.45, 2.75) is 6.42 Å². The predicted molar refractivity (Wildman–Crippen MR) is 82.3 cm³/mol. The molecule has 1 aromatic carbocycles. The Balaban J connectivity index is 2.03. The molecule has 0 aliphatic heterocycles. The predicted octanol–water partition coefficient (Wildman–Crippen LogP) is 3.69. The largest absolute Gasteiger partial charge is 0.497 e. The van der Waals surface area contributed by atoms with Gasteiger partial charge in [0.1, 0.15) is 5.75 Å². The number of nitrogens with zero attached hydrogens (tertiary/aromatic N) is 1. The van der Waals surface area contributed by atoms with Crippen LogP contribution >= 0.6 is 27.5 Å². The van der Waals surface area contributed by atoms with Crippen molar-refractivity contribution < 1.29 is 9.53 Å². The van der Waals surface area contributed by atoms with Crippen molar-refractivity contribution in [1.82, 2.24) is 4.98 Å². The van der Waals surface area contributed by atoms with Crippen molar-refractivity contribution in [1.29, 1.82) is 0 Å². The maximum absolute atomic E-state index is 12.0. The molecule has 0 radical (unpaired) electrons. The first-order chi connectivity index (χ1) is 9.58. The molecule has 1 aromatic heterocycles. The molecule has 2 aromatic rings. The van der Waals surface area contributed by atoms with Gasteiger partial charge in [-0.1, -0.05) is 23.7 Å². The molecular weight excluding hydrogens is 344 g/mol. The summed E-state index contributed by atoms with van der Waals surface area (Å²) in [7, 11) is 1.60. The summed E-state index contributed by atoms with van der Waals surface area (Å²) in [4.78, 5) is 15.9. The lowest BCUT2D eigenvalue weighted by Crippen LogP contribution is -2.15. The van der Waals surface area contributed by atoms with Crippen molar-refractivity contribution >= 4 is 39.1 Å². The lowest BCUT2D eigenvalue weighted by molar-refractivity contribution is -0.115. The third-order valence-electron chi connectivity index (χ3n) is 2.60. The molecule has 0 aliphatic carbocycles. The first kappa shape index (κ1) is 14.8. The van der Waals surface area contributed by atoms with Gasteiger partial charge in [-0.2, -0.15) is 0 Å². The fraction of sp³-hybridized carbons (Fsp3) is 0.143. The average Bonchev–Trinajstić information content (AvgIpc) is 2.43. The molecule has 1 heterocycles. The number of halogens is 2. The van der Waals surface area contributed by atoms with E-state index in [1.165, 1.54) is 0 Å². The zero-order chi connectivity index (χ0) is 14.5. The van der Waals surface area contributed by atoms with Crippen LogP contribution in [0.5, 0.6) is 5.75 Å². The fourth-order valence-electron chi connectivity index (χ4n) is 1.63. The third kappa shape index (κ3) is 3.95. The van der Waals surface area contributed by atoms with Crippen molar-refractivity contribution in [2.75, 3.05) is 12.4 Å². The summed E-state index contributed by atoms with van der Waals surface area (Å²) in [6.45, 7) is 0. The number of amides is 1. The standard InChI is InChI=1S/C14H12BrClN2O2/c1-20-11-4-2-9(3-5-11)6-13(19)18-12-7-10(15)8-17-14(12)16/h2-5,7-8H,6H2,1H3,(H,18,19). The van der Waals surface area contributed by atoms with E-state index >= 15 is 0 Å². The van der Waals surface area contributed by atoms with Crippen molar-refractivity contribution in [3.05, 3.63) is 51.7 Å². The SMILES string of the molecule is COc1ccc(CC(=O)Nc2cc(Br)cnc2Cl)cc1. The molecule has 1 N–H and O–H groups in total. The van der Waals surface area contributed by atoms with Crippen LogP contribution in [0.25, 0.3) is 0 Å². The van der Waals surface area contributed by atoms with Crippen LogP contribution in [0.3, 0.4) is 0 Å². The number of pyridine rings is 1. The highest BCUT2D eigenvalue weighted by Gasteiger charge is 2.08. The van der Waals surface area contributed by atoms with Crippen LogP contribution in [0.4, 0.5) is 5.69 Å². The highest BCUT2D eigenvalue weighted by Crippen LogP contribution is 2.23. The Morgan fingerprint density at radius 1 is 1.40 bits per heavy atom. The lowest BCUT2D eigenvalue weighted by Gasteiger charge is -2.07. The van der Waals surface area contributed by atoms with Gasteiger partial charge >= 0.3 is 0 Å². The Hall–Kier alpha value is -1.59. The Bertz CT molecular complexity index is 617. The summed E-state index contributed by atoms with van der Waals surface area (Å²) >= 11 is 9.20. The molecule has 0 atom stereocenters. The first-order valence-corrected chi connectivity index (χ1v) is 6.99. The van der Waals surface area contributed by atoms with Gasteiger partial charge in [-0.25, -0.2) is 4.98 Å². The number of hydrogen-bond acceptors (Lipinski definition) is 3. The molecule has 0 unspecified atom stereocenters. The molecule has 104 valence electrons. The second kappa shape index (κ2) is 6.72. The highest BCUT2D eigenvalue weighted by atomic mass is 79.9. The van der Waals surface area contributed by atoms with E-state index in [1.54, 1.807) is 19.4 Å². The maximum atomic E-state index is 12.0. The average molecular weight is 356 g/mol. The summed E-state index contributed by atoms with van der Waals surface area (Å²) in [5.74, 6) is 0.602. The van der Waals surface area contributed by atoms with Crippen LogP contribution < -0.4 is 10.1 Å². The maximum Gasteiger partial charge on any atom is 0.228 e. The minimum Gasteiger partial charge on any atom is -0.497 e. The minimum absolute atomic E-state index is 0.156. The number of rotatable bonds is 4. The van der Waals surface area contributed by atoms with E-state index in [0.717, 1.165) is 15.8 Å². The molecule has 2 rings (SSSR count). The Labute approximate surface area is 130 Å². The second-order valence-corrected chi connectivity index (χ2v) is 5.34. The fourth-order valence-corrected chi connectivity index (χ4v) is 2.12. The van der Waals surface area contributed by atoms with Crippen molar-refractivity contribution in [2.24, 2.45) is 0 Å². The normalized spacial score (nSPS) is 10.2. The van der Waals surface area contributed by atoms with Crippen LogP contribution in [0.15, 0.2) is 41.0 Å². The zero-order valence-electron chi connectivity index (χ0n) is 10.7.